The molecule has 108 valence electrons. The molecule has 0 unspecified atom stereocenters. The van der Waals surface area contributed by atoms with Crippen LogP contribution in [-0.2, 0) is 5.41 Å². The van der Waals surface area contributed by atoms with Gasteiger partial charge < -0.3 is 0 Å². The summed E-state index contributed by atoms with van der Waals surface area (Å²) in [5.74, 6) is 0.0523. The highest BCUT2D eigenvalue weighted by atomic mass is 79.9. The maximum atomic E-state index is 12.2. The van der Waals surface area contributed by atoms with Gasteiger partial charge in [0.2, 0.25) is 0 Å². The lowest BCUT2D eigenvalue weighted by Gasteiger charge is -2.31. The second kappa shape index (κ2) is 7.71. The molecule has 0 aliphatic carbocycles. The van der Waals surface area contributed by atoms with E-state index in [4.69, 9.17) is 0 Å². The molecule has 0 atom stereocenters. The van der Waals surface area contributed by atoms with Crippen LogP contribution in [-0.4, -0.2) is 21.9 Å². The normalized spacial score (nSPS) is 12.7. The lowest BCUT2D eigenvalue weighted by Crippen LogP contribution is -2.31. The smallest absolute Gasteiger partial charge is 0.160 e. The molecule has 0 spiro atoms. The van der Waals surface area contributed by atoms with Crippen LogP contribution < -0.4 is 0 Å². The van der Waals surface area contributed by atoms with E-state index >= 15 is 0 Å². The van der Waals surface area contributed by atoms with E-state index in [2.05, 4.69) is 47.8 Å². The Morgan fingerprint density at radius 3 is 1.95 bits per heavy atom. The van der Waals surface area contributed by atoms with Crippen LogP contribution in [0.25, 0.3) is 0 Å². The first-order chi connectivity index (χ1) is 8.83. The van der Waals surface area contributed by atoms with Crippen molar-refractivity contribution in [1.82, 2.24) is 0 Å². The van der Waals surface area contributed by atoms with Crippen LogP contribution in [0.4, 0.5) is 13.2 Å². The van der Waals surface area contributed by atoms with Crippen LogP contribution in [0.1, 0.15) is 12.0 Å². The summed E-state index contributed by atoms with van der Waals surface area (Å²) in [6.45, 7) is 0. The van der Waals surface area contributed by atoms with Crippen LogP contribution in [0.15, 0.2) is 28.7 Å². The maximum absolute atomic E-state index is 12.2. The van der Waals surface area contributed by atoms with Gasteiger partial charge in [0, 0.05) is 26.3 Å². The van der Waals surface area contributed by atoms with Crippen molar-refractivity contribution in [2.45, 2.75) is 17.3 Å². The van der Waals surface area contributed by atoms with Gasteiger partial charge in [0.25, 0.3) is 0 Å². The molecule has 1 aromatic rings. The van der Waals surface area contributed by atoms with Crippen molar-refractivity contribution in [3.8, 4) is 0 Å². The molecular weight excluding hydrogens is 473 g/mol. The molecule has 7 heteroatoms. The van der Waals surface area contributed by atoms with Gasteiger partial charge in [-0.1, -0.05) is 71.7 Å². The summed E-state index contributed by atoms with van der Waals surface area (Å²) in [7, 11) is 0. The van der Waals surface area contributed by atoms with Gasteiger partial charge in [-0.15, -0.1) is 0 Å². The van der Waals surface area contributed by atoms with Crippen molar-refractivity contribution in [2.75, 3.05) is 16.4 Å². The minimum absolute atomic E-state index is 0.0381. The molecule has 0 saturated heterocycles. The zero-order valence-corrected chi connectivity index (χ0v) is 15.4. The number of halogens is 6. The van der Waals surface area contributed by atoms with Gasteiger partial charge >= 0.3 is 5.51 Å². The van der Waals surface area contributed by atoms with Gasteiger partial charge in [-0.2, -0.15) is 13.2 Å². The van der Waals surface area contributed by atoms with Gasteiger partial charge in [-0.25, -0.2) is 0 Å². The summed E-state index contributed by atoms with van der Waals surface area (Å²) in [6.07, 6.45) is 0.454. The largest absolute Gasteiger partial charge is 0.441 e. The van der Waals surface area contributed by atoms with E-state index in [0.717, 1.165) is 10.0 Å². The standard InChI is InChI=1S/C12H12Br3F3S/c13-7-11(8-14,5-6-19-12(16,17)18)9-1-3-10(15)4-2-9/h1-4H,5-8H2. The topological polar surface area (TPSA) is 0 Å². The van der Waals surface area contributed by atoms with Crippen LogP contribution in [0, 0.1) is 0 Å². The highest BCUT2D eigenvalue weighted by molar-refractivity contribution is 9.10. The fourth-order valence-electron chi connectivity index (χ4n) is 1.63. The highest BCUT2D eigenvalue weighted by Gasteiger charge is 2.33. The molecule has 19 heavy (non-hydrogen) atoms. The fraction of sp³-hybridized carbons (Fsp3) is 0.500. The number of hydrogen-bond donors (Lipinski definition) is 0. The third-order valence-electron chi connectivity index (χ3n) is 2.81. The van der Waals surface area contributed by atoms with Crippen molar-refractivity contribution >= 4 is 59.6 Å². The Morgan fingerprint density at radius 2 is 1.53 bits per heavy atom. The SMILES string of the molecule is FC(F)(F)SCCC(CBr)(CBr)c1ccc(Br)cc1. The van der Waals surface area contributed by atoms with Gasteiger partial charge in [-0.3, -0.25) is 0 Å². The quantitative estimate of drug-likeness (QED) is 0.438. The number of thioether (sulfide) groups is 1. The first-order valence-electron chi connectivity index (χ1n) is 5.42. The third kappa shape index (κ3) is 5.59. The molecule has 1 aromatic carbocycles. The molecular formula is C12H12Br3F3S. The second-order valence-corrected chi connectivity index (χ2v) is 7.30. The number of benzene rings is 1. The van der Waals surface area contributed by atoms with Crippen molar-refractivity contribution in [1.29, 1.82) is 0 Å². The molecule has 0 aliphatic rings. The highest BCUT2D eigenvalue weighted by Crippen LogP contribution is 2.38. The predicted molar refractivity (Wildman–Crippen MR) is 86.5 cm³/mol. The Hall–Kier alpha value is 0.800. The summed E-state index contributed by atoms with van der Waals surface area (Å²) in [4.78, 5) is 0. The summed E-state index contributed by atoms with van der Waals surface area (Å²) >= 11 is 10.3. The third-order valence-corrected chi connectivity index (χ3v) is 6.23. The zero-order valence-electron chi connectivity index (χ0n) is 9.81. The van der Waals surface area contributed by atoms with Gasteiger partial charge in [0.1, 0.15) is 0 Å². The van der Waals surface area contributed by atoms with Gasteiger partial charge in [-0.05, 0) is 24.1 Å². The molecule has 0 nitrogen and oxygen atoms in total. The number of hydrogen-bond acceptors (Lipinski definition) is 1. The van der Waals surface area contributed by atoms with Crippen LogP contribution >= 0.6 is 59.6 Å². The van der Waals surface area contributed by atoms with Gasteiger partial charge in [0.05, 0.1) is 0 Å². The van der Waals surface area contributed by atoms with E-state index in [-0.39, 0.29) is 22.9 Å². The Bertz CT molecular complexity index is 388. The Labute approximate surface area is 140 Å². The molecule has 0 aromatic heterocycles. The fourth-order valence-corrected chi connectivity index (χ4v) is 4.76. The molecule has 0 aliphatic heterocycles. The molecule has 0 radical (unpaired) electrons. The van der Waals surface area contributed by atoms with E-state index in [1.165, 1.54) is 0 Å². The first-order valence-corrected chi connectivity index (χ1v) is 9.44. The van der Waals surface area contributed by atoms with Crippen molar-refractivity contribution < 1.29 is 13.2 Å². The number of rotatable bonds is 6. The van der Waals surface area contributed by atoms with E-state index in [1.807, 2.05) is 24.3 Å². The Kier molecular flexibility index (Phi) is 7.24. The summed E-state index contributed by atoms with van der Waals surface area (Å²) in [5, 5.41) is 1.23. The van der Waals surface area contributed by atoms with Crippen LogP contribution in [0.3, 0.4) is 0 Å². The minimum Gasteiger partial charge on any atom is -0.160 e. The van der Waals surface area contributed by atoms with Crippen LogP contribution in [0.5, 0.6) is 0 Å². The zero-order chi connectivity index (χ0) is 14.5. The average molecular weight is 485 g/mol. The monoisotopic (exact) mass is 482 g/mol. The molecule has 0 saturated carbocycles. The van der Waals surface area contributed by atoms with E-state index in [1.54, 1.807) is 0 Å². The van der Waals surface area contributed by atoms with Crippen molar-refractivity contribution in [3.63, 3.8) is 0 Å². The average Bonchev–Trinajstić information content (AvgIpc) is 2.35. The molecule has 0 N–H and O–H groups in total. The van der Waals surface area contributed by atoms with Crippen LogP contribution in [0.2, 0.25) is 0 Å². The van der Waals surface area contributed by atoms with E-state index in [9.17, 15) is 13.2 Å². The molecule has 0 amide bonds. The van der Waals surface area contributed by atoms with E-state index < -0.39 is 5.51 Å². The van der Waals surface area contributed by atoms with Gasteiger partial charge in [0.15, 0.2) is 0 Å². The van der Waals surface area contributed by atoms with E-state index in [0.29, 0.717) is 17.1 Å². The van der Waals surface area contributed by atoms with Crippen molar-refractivity contribution in [2.24, 2.45) is 0 Å². The second-order valence-electron chi connectivity index (χ2n) is 4.10. The number of alkyl halides is 5. The summed E-state index contributed by atoms with van der Waals surface area (Å²) in [5.41, 5.74) is -3.45. The molecule has 0 bridgehead atoms. The first kappa shape index (κ1) is 17.9. The predicted octanol–water partition coefficient (Wildman–Crippen LogP) is 6.12. The summed E-state index contributed by atoms with van der Waals surface area (Å²) in [6, 6.07) is 7.72. The maximum Gasteiger partial charge on any atom is 0.441 e. The molecule has 1 rings (SSSR count). The lowest BCUT2D eigenvalue weighted by atomic mass is 9.82. The minimum atomic E-state index is -4.16. The Balaban J connectivity index is 2.82. The Morgan fingerprint density at radius 1 is 1.00 bits per heavy atom. The molecule has 0 heterocycles. The molecule has 0 fully saturated rings. The summed E-state index contributed by atoms with van der Waals surface area (Å²) < 4.78 is 37.6. The lowest BCUT2D eigenvalue weighted by molar-refractivity contribution is -0.0328. The van der Waals surface area contributed by atoms with Crippen molar-refractivity contribution in [3.05, 3.63) is 34.3 Å².